The molecule has 0 bridgehead atoms. The molecule has 1 saturated carbocycles. The Bertz CT molecular complexity index is 2890. The minimum Gasteiger partial charge on any atom is -0.469 e. The summed E-state index contributed by atoms with van der Waals surface area (Å²) in [6.45, 7) is 15.4. The number of aliphatic imine (C=N–C) groups is 1. The van der Waals surface area contributed by atoms with Gasteiger partial charge in [0.15, 0.2) is 0 Å². The molecule has 2 atom stereocenters. The van der Waals surface area contributed by atoms with Crippen LogP contribution in [0.1, 0.15) is 82.8 Å². The van der Waals surface area contributed by atoms with E-state index in [1.807, 2.05) is 12.3 Å². The van der Waals surface area contributed by atoms with Crippen LogP contribution in [-0.4, -0.2) is 41.1 Å². The average Bonchev–Trinajstić information content (AvgIpc) is 3.78. The summed E-state index contributed by atoms with van der Waals surface area (Å²) in [5, 5.41) is 3.36. The second-order valence-electron chi connectivity index (χ2n) is 17.2. The maximum atomic E-state index is 6.87. The fourth-order valence-corrected chi connectivity index (χ4v) is 9.01. The van der Waals surface area contributed by atoms with Crippen molar-refractivity contribution >= 4 is 49.8 Å². The van der Waals surface area contributed by atoms with Crippen molar-refractivity contribution in [1.29, 1.82) is 0 Å². The predicted octanol–water partition coefficient (Wildman–Crippen LogP) is 11.5. The Balaban J connectivity index is 1.23. The molecule has 1 fully saturated rings. The highest BCUT2D eigenvalue weighted by molar-refractivity contribution is 6.11. The first-order valence-electron chi connectivity index (χ1n) is 19.6. The predicted molar refractivity (Wildman–Crippen MR) is 225 cm³/mol. The van der Waals surface area contributed by atoms with Gasteiger partial charge in [-0.05, 0) is 113 Å². The van der Waals surface area contributed by atoms with Crippen molar-refractivity contribution in [1.82, 2.24) is 24.1 Å². The number of nitrogens with zero attached hydrogens (tertiary/aromatic N) is 6. The Morgan fingerprint density at radius 2 is 1.45 bits per heavy atom. The molecule has 8 aromatic rings. The van der Waals surface area contributed by atoms with Gasteiger partial charge in [0.25, 0.3) is 0 Å². The Morgan fingerprint density at radius 3 is 2.25 bits per heavy atom. The Morgan fingerprint density at radius 1 is 0.673 bits per heavy atom. The Labute approximate surface area is 321 Å². The first-order chi connectivity index (χ1) is 26.4. The third-order valence-electron chi connectivity index (χ3n) is 12.4. The second kappa shape index (κ2) is 11.8. The molecule has 0 amide bonds. The van der Waals surface area contributed by atoms with Gasteiger partial charge in [-0.15, -0.1) is 0 Å². The maximum absolute atomic E-state index is 6.87. The first kappa shape index (κ1) is 33.7. The summed E-state index contributed by atoms with van der Waals surface area (Å²) in [5.41, 5.74) is 11.6. The van der Waals surface area contributed by atoms with Crippen molar-refractivity contribution in [3.05, 3.63) is 126 Å². The Kier molecular flexibility index (Phi) is 7.26. The molecule has 7 nitrogen and oxygen atoms in total. The summed E-state index contributed by atoms with van der Waals surface area (Å²) < 4.78 is 11.4. The van der Waals surface area contributed by atoms with E-state index < -0.39 is 0 Å². The average molecular weight is 723 g/mol. The lowest BCUT2D eigenvalue weighted by Crippen LogP contribution is -2.49. The van der Waals surface area contributed by atoms with Gasteiger partial charge in [-0.3, -0.25) is 9.13 Å². The Hall–Kier alpha value is -5.82. The highest BCUT2D eigenvalue weighted by Gasteiger charge is 2.53. The summed E-state index contributed by atoms with van der Waals surface area (Å²) in [4.78, 5) is 21.2. The van der Waals surface area contributed by atoms with Crippen LogP contribution in [0.5, 0.6) is 0 Å². The lowest BCUT2D eigenvalue weighted by molar-refractivity contribution is 0.000925. The van der Waals surface area contributed by atoms with Crippen LogP contribution in [0.25, 0.3) is 66.5 Å². The fraction of sp³-hybridized carbons (Fsp3) is 0.292. The minimum absolute atomic E-state index is 0.215. The van der Waals surface area contributed by atoms with Gasteiger partial charge < -0.3 is 4.74 Å². The largest absolute Gasteiger partial charge is 0.469 e. The lowest BCUT2D eigenvalue weighted by Gasteiger charge is -2.41. The van der Waals surface area contributed by atoms with Crippen molar-refractivity contribution in [3.63, 3.8) is 0 Å². The third-order valence-corrected chi connectivity index (χ3v) is 12.4. The normalized spacial score (nSPS) is 20.0. The van der Waals surface area contributed by atoms with E-state index in [4.69, 9.17) is 24.7 Å². The number of fused-ring (bicyclic) bond motifs is 7. The topological polar surface area (TPSA) is 70.1 Å². The summed E-state index contributed by atoms with van der Waals surface area (Å²) in [6, 6.07) is 34.8. The van der Waals surface area contributed by atoms with E-state index in [1.165, 1.54) is 23.1 Å². The minimum atomic E-state index is -0.315. The van der Waals surface area contributed by atoms with E-state index in [0.29, 0.717) is 0 Å². The van der Waals surface area contributed by atoms with Crippen LogP contribution >= 0.6 is 0 Å². The number of hydrogen-bond donors (Lipinski definition) is 0. The summed E-state index contributed by atoms with van der Waals surface area (Å²) in [6.07, 6.45) is 6.25. The van der Waals surface area contributed by atoms with Gasteiger partial charge in [0.1, 0.15) is 22.6 Å². The summed E-state index contributed by atoms with van der Waals surface area (Å²) in [7, 11) is 0. The third kappa shape index (κ3) is 5.15. The molecule has 55 heavy (non-hydrogen) atoms. The first-order valence-corrected chi connectivity index (χ1v) is 19.6. The van der Waals surface area contributed by atoms with Gasteiger partial charge in [0.05, 0.1) is 33.4 Å². The zero-order valence-electron chi connectivity index (χ0n) is 32.7. The van der Waals surface area contributed by atoms with E-state index in [0.717, 1.165) is 97.5 Å². The molecule has 0 radical (unpaired) electrons. The number of aromatic nitrogens is 5. The number of ether oxygens (including phenoxy) is 1. The molecule has 7 heteroatoms. The maximum Gasteiger partial charge on any atom is 0.217 e. The van der Waals surface area contributed by atoms with E-state index in [9.17, 15) is 0 Å². The standard InChI is InChI=1S/C48H46N6O/c1-29-17-19-38-36(24-29)43-40(53(38)42-27-33(26-41(51-42)46(3,4)5)45-52-47(6)21-11-12-22-48(47,7)55-45)28-39(30(2)50-43)54-37-20-18-32(31-14-9-8-10-15-31)25-35(37)34-16-13-23-49-44(34)54/h8-10,13-20,23-28H,11-12,21-22H2,1-7H3/t47-,48-/m0/s1. The molecule has 10 rings (SSSR count). The van der Waals surface area contributed by atoms with Crippen LogP contribution in [0.2, 0.25) is 0 Å². The molecule has 2 aliphatic rings. The van der Waals surface area contributed by atoms with E-state index in [-0.39, 0.29) is 16.6 Å². The van der Waals surface area contributed by atoms with Crippen LogP contribution in [0, 0.1) is 13.8 Å². The number of aryl methyl sites for hydroxylation is 2. The van der Waals surface area contributed by atoms with Crippen molar-refractivity contribution in [2.24, 2.45) is 4.99 Å². The zero-order chi connectivity index (χ0) is 37.9. The van der Waals surface area contributed by atoms with Gasteiger partial charge in [0.2, 0.25) is 5.90 Å². The zero-order valence-corrected chi connectivity index (χ0v) is 32.7. The second-order valence-corrected chi connectivity index (χ2v) is 17.2. The van der Waals surface area contributed by atoms with Gasteiger partial charge in [0, 0.05) is 39.0 Å². The number of hydrogen-bond acceptors (Lipinski definition) is 5. The number of rotatable bonds is 4. The summed E-state index contributed by atoms with van der Waals surface area (Å²) in [5.74, 6) is 1.55. The smallest absolute Gasteiger partial charge is 0.217 e. The van der Waals surface area contributed by atoms with Gasteiger partial charge >= 0.3 is 0 Å². The molecule has 1 aliphatic carbocycles. The molecule has 6 heterocycles. The molecule has 1 aliphatic heterocycles. The molecule has 5 aromatic heterocycles. The molecular formula is C48H46N6O. The fourth-order valence-electron chi connectivity index (χ4n) is 9.01. The van der Waals surface area contributed by atoms with Crippen LogP contribution in [0.15, 0.2) is 108 Å². The SMILES string of the molecule is Cc1ccc2c(c1)c1nc(C)c(-n3c4ccc(-c5ccccc5)cc4c4cccnc43)cc1n2-c1cc(C2=N[C@@]3(C)CCCC[C@]3(C)O2)cc(C(C)(C)C)n1. The van der Waals surface area contributed by atoms with Crippen LogP contribution in [0.4, 0.5) is 0 Å². The molecule has 0 N–H and O–H groups in total. The monoisotopic (exact) mass is 722 g/mol. The van der Waals surface area contributed by atoms with Gasteiger partial charge in [-0.25, -0.2) is 19.9 Å². The molecule has 3 aromatic carbocycles. The van der Waals surface area contributed by atoms with Crippen molar-refractivity contribution in [2.45, 2.75) is 90.7 Å². The molecular weight excluding hydrogens is 677 g/mol. The highest BCUT2D eigenvalue weighted by Crippen LogP contribution is 2.47. The molecule has 0 saturated heterocycles. The van der Waals surface area contributed by atoms with E-state index in [1.54, 1.807) is 0 Å². The van der Waals surface area contributed by atoms with E-state index >= 15 is 0 Å². The quantitative estimate of drug-likeness (QED) is 0.181. The number of pyridine rings is 3. The van der Waals surface area contributed by atoms with Crippen molar-refractivity contribution in [2.75, 3.05) is 0 Å². The van der Waals surface area contributed by atoms with Crippen LogP contribution in [-0.2, 0) is 10.2 Å². The highest BCUT2D eigenvalue weighted by atomic mass is 16.5. The van der Waals surface area contributed by atoms with Crippen molar-refractivity contribution < 1.29 is 4.74 Å². The summed E-state index contributed by atoms with van der Waals surface area (Å²) >= 11 is 0. The van der Waals surface area contributed by atoms with Crippen molar-refractivity contribution in [3.8, 4) is 22.6 Å². The lowest BCUT2D eigenvalue weighted by atomic mass is 9.72. The number of benzene rings is 3. The molecule has 0 unspecified atom stereocenters. The van der Waals surface area contributed by atoms with Gasteiger partial charge in [-0.2, -0.15) is 0 Å². The van der Waals surface area contributed by atoms with Crippen LogP contribution in [0.3, 0.4) is 0 Å². The molecule has 274 valence electrons. The van der Waals surface area contributed by atoms with E-state index in [2.05, 4.69) is 149 Å². The molecule has 0 spiro atoms. The van der Waals surface area contributed by atoms with Crippen LogP contribution < -0.4 is 0 Å². The van der Waals surface area contributed by atoms with Gasteiger partial charge in [-0.1, -0.05) is 75.2 Å².